The number of aliphatic carboxylic acids is 1. The van der Waals surface area contributed by atoms with E-state index in [4.69, 9.17) is 52.6 Å². The highest BCUT2D eigenvalue weighted by Crippen LogP contribution is 2.49. The van der Waals surface area contributed by atoms with Gasteiger partial charge in [0.2, 0.25) is 53.4 Å². The molecule has 97 heavy (non-hydrogen) atoms. The van der Waals surface area contributed by atoms with Crippen molar-refractivity contribution < 1.29 is 118 Å². The van der Waals surface area contributed by atoms with Gasteiger partial charge in [0.1, 0.15) is 107 Å². The summed E-state index contributed by atoms with van der Waals surface area (Å²) in [5.74, 6) is -16.9. The van der Waals surface area contributed by atoms with Crippen molar-refractivity contribution in [3.63, 3.8) is 0 Å². The van der Waals surface area contributed by atoms with Gasteiger partial charge in [-0.3, -0.25) is 33.6 Å². The quantitative estimate of drug-likeness (QED) is 0.0882. The van der Waals surface area contributed by atoms with Gasteiger partial charge < -0.3 is 118 Å². The Labute approximate surface area is 559 Å². The number of ether oxygens (including phenoxy) is 5. The number of alkyl carbamates (subject to hydrolysis) is 1. The lowest BCUT2D eigenvalue weighted by Crippen LogP contribution is -2.60. The number of phenols is 3. The number of nitrogens with one attached hydrogen (secondary N) is 7. The molecule has 6 aliphatic heterocycles. The van der Waals surface area contributed by atoms with E-state index < -0.39 is 230 Å². The van der Waals surface area contributed by atoms with Crippen LogP contribution in [-0.4, -0.2) is 172 Å². The summed E-state index contributed by atoms with van der Waals surface area (Å²) in [5.41, 5.74) is 1.66. The van der Waals surface area contributed by atoms with Gasteiger partial charge in [0.05, 0.1) is 23.1 Å². The van der Waals surface area contributed by atoms with Crippen molar-refractivity contribution in [2.24, 2.45) is 11.7 Å². The van der Waals surface area contributed by atoms with E-state index in [0.29, 0.717) is 0 Å². The van der Waals surface area contributed by atoms with Crippen LogP contribution in [0, 0.1) is 5.92 Å². The van der Waals surface area contributed by atoms with Crippen LogP contribution in [0.15, 0.2) is 78.9 Å². The minimum absolute atomic E-state index is 0.0811. The number of aromatic hydroxyl groups is 3. The molecule has 0 aromatic heterocycles. The number of primary amides is 1. The molecule has 19 N–H and O–H groups in total. The predicted octanol–water partition coefficient (Wildman–Crippen LogP) is 1.17. The number of fused-ring (bicyclic) bond motifs is 15. The van der Waals surface area contributed by atoms with Crippen LogP contribution >= 0.6 is 23.2 Å². The number of carbonyl (C=O) groups is 9. The molecule has 518 valence electrons. The van der Waals surface area contributed by atoms with Gasteiger partial charge in [-0.05, 0) is 110 Å². The van der Waals surface area contributed by atoms with E-state index in [0.717, 1.165) is 78.9 Å². The summed E-state index contributed by atoms with van der Waals surface area (Å²) < 4.78 is 30.2. The standard InChI is InChI=1S/C63H68Cl2N8O24/c1-22(2)12-32(68-62(92)97-63(3,4)5)54(84)72-46-48(79)24-7-10-36(30(64)14-24)93-38-16-26-17-39(53(38)96-61-52(83)51(82)50(81)40(21-74)95-61)94-37-11-8-25(15-31(37)65)49(80)47-59(89)71-45(60(90)91)29-18-27(75)19-35(77)42(29)28-13-23(6-9-34(28)76)43(56(86)73-47)70-57(87)44(26)69-55(85)33(20-41(66)78)67-58(46)88/h6-11,13-19,22,32-33,40,43-52,61,74-77,79-83H,12,20-21H2,1-5H3,(H2,66,78)(H,67,88)(H,68,92)(H,69,85)(H,70,87)(H,71,89)(H,72,84)(H,73,86)(H,90,91)/t32-,33+,40?,43-,44-,45+,46-,47-,48-,49-,50?,51?,52?,61?/m1/s1. The molecule has 6 heterocycles. The maximum absolute atomic E-state index is 15.9. The zero-order chi connectivity index (χ0) is 71.0. The Kier molecular flexibility index (Phi) is 21.3. The number of carboxylic acid groups (broad SMARTS) is 1. The monoisotopic (exact) mass is 1390 g/mol. The number of benzene rings is 5. The van der Waals surface area contributed by atoms with Crippen molar-refractivity contribution in [3.8, 4) is 57.1 Å². The Bertz CT molecular complexity index is 3960. The van der Waals surface area contributed by atoms with E-state index in [2.05, 4.69) is 37.2 Å². The normalized spacial score (nSPS) is 25.4. The number of aliphatic hydroxyl groups is 6. The minimum atomic E-state index is -2.36. The fourth-order valence-electron chi connectivity index (χ4n) is 11.1. The van der Waals surface area contributed by atoms with Crippen molar-refractivity contribution >= 4 is 76.6 Å². The molecule has 5 aromatic rings. The summed E-state index contributed by atoms with van der Waals surface area (Å²) in [6.45, 7) is 7.13. The van der Waals surface area contributed by atoms with Gasteiger partial charge in [0.25, 0.3) is 0 Å². The van der Waals surface area contributed by atoms with Crippen molar-refractivity contribution in [1.82, 2.24) is 37.2 Å². The zero-order valence-electron chi connectivity index (χ0n) is 51.8. The average molecular weight is 1390 g/mol. The summed E-state index contributed by atoms with van der Waals surface area (Å²) in [6, 6.07) is -1.83. The number of amides is 8. The summed E-state index contributed by atoms with van der Waals surface area (Å²) >= 11 is 13.9. The largest absolute Gasteiger partial charge is 0.508 e. The number of nitrogens with two attached hydrogens (primary N) is 1. The first-order chi connectivity index (χ1) is 45.6. The molecule has 32 nitrogen and oxygen atoms in total. The van der Waals surface area contributed by atoms with Crippen LogP contribution in [0.2, 0.25) is 10.0 Å². The SMILES string of the molecule is CC(C)C[C@@H](NC(=O)OC(C)(C)C)C(=O)N[C@H]1C(=O)N[C@@H](CC(N)=O)C(=O)N[C@H]2C(=O)N[C@H]3C(=O)N[C@@H](C(=O)N[C@H](C(=O)O)c4cc(O)cc(O)c4-c4cc3ccc4O)[C@H](O)c3ccc(c(Cl)c3)Oc3cc2cc(c3OC2OC(CO)C(O)C(O)C2O)Oc2ccc(cc2Cl)[C@H]1O. The number of halogens is 2. The van der Waals surface area contributed by atoms with Gasteiger partial charge >= 0.3 is 12.1 Å². The molecule has 0 aliphatic carbocycles. The summed E-state index contributed by atoms with van der Waals surface area (Å²) in [5, 5.41) is 128. The molecule has 1 fully saturated rings. The first kappa shape index (κ1) is 71.5. The van der Waals surface area contributed by atoms with E-state index >= 15 is 14.4 Å². The second-order valence-electron chi connectivity index (χ2n) is 24.5. The lowest BCUT2D eigenvalue weighted by atomic mass is 9.89. The van der Waals surface area contributed by atoms with Crippen molar-refractivity contribution in [2.75, 3.05) is 6.61 Å². The Morgan fingerprint density at radius 1 is 0.660 bits per heavy atom. The molecular formula is C63H68Cl2N8O24. The van der Waals surface area contributed by atoms with Gasteiger partial charge in [0, 0.05) is 22.8 Å². The van der Waals surface area contributed by atoms with E-state index in [9.17, 15) is 79.8 Å². The van der Waals surface area contributed by atoms with E-state index in [-0.39, 0.29) is 34.8 Å². The molecular weight excluding hydrogens is 1320 g/mol. The number of hydrogen-bond donors (Lipinski definition) is 18. The molecule has 0 spiro atoms. The fourth-order valence-corrected chi connectivity index (χ4v) is 11.5. The highest BCUT2D eigenvalue weighted by Gasteiger charge is 2.47. The van der Waals surface area contributed by atoms with Gasteiger partial charge in [-0.15, -0.1) is 0 Å². The number of aliphatic hydroxyl groups excluding tert-OH is 6. The molecule has 8 amide bonds. The van der Waals surface area contributed by atoms with Crippen LogP contribution in [0.3, 0.4) is 0 Å². The molecule has 34 heteroatoms. The number of rotatable bonds is 11. The van der Waals surface area contributed by atoms with Crippen LogP contribution < -0.4 is 57.2 Å². The van der Waals surface area contributed by atoms with Crippen molar-refractivity contribution in [2.45, 2.75) is 138 Å². The summed E-state index contributed by atoms with van der Waals surface area (Å²) in [4.78, 5) is 130. The second kappa shape index (κ2) is 28.9. The molecule has 0 radical (unpaired) electrons. The van der Waals surface area contributed by atoms with Crippen molar-refractivity contribution in [3.05, 3.63) is 117 Å². The first-order valence-electron chi connectivity index (χ1n) is 29.8. The van der Waals surface area contributed by atoms with Gasteiger partial charge in [-0.1, -0.05) is 55.2 Å². The maximum Gasteiger partial charge on any atom is 0.408 e. The zero-order valence-corrected chi connectivity index (χ0v) is 53.3. The highest BCUT2D eigenvalue weighted by molar-refractivity contribution is 6.32. The van der Waals surface area contributed by atoms with Gasteiger partial charge in [0.15, 0.2) is 17.5 Å². The Morgan fingerprint density at radius 2 is 1.25 bits per heavy atom. The Balaban J connectivity index is 1.30. The van der Waals surface area contributed by atoms with Gasteiger partial charge in [-0.2, -0.15) is 0 Å². The Morgan fingerprint density at radius 3 is 1.82 bits per heavy atom. The average Bonchev–Trinajstić information content (AvgIpc) is 0.771. The van der Waals surface area contributed by atoms with Crippen LogP contribution in [-0.2, 0) is 47.8 Å². The Hall–Kier alpha value is -9.77. The van der Waals surface area contributed by atoms with Gasteiger partial charge in [-0.25, -0.2) is 9.59 Å². The van der Waals surface area contributed by atoms with E-state index in [1.807, 2.05) is 0 Å². The van der Waals surface area contributed by atoms with Crippen molar-refractivity contribution in [1.29, 1.82) is 0 Å². The van der Waals surface area contributed by atoms with E-state index in [1.54, 1.807) is 34.6 Å². The summed E-state index contributed by atoms with van der Waals surface area (Å²) in [6.07, 6.45) is -16.6. The number of carboxylic acids is 1. The lowest BCUT2D eigenvalue weighted by molar-refractivity contribution is -0.277. The van der Waals surface area contributed by atoms with Crippen LogP contribution in [0.4, 0.5) is 4.79 Å². The van der Waals surface area contributed by atoms with Crippen LogP contribution in [0.5, 0.6) is 46.0 Å². The number of hydrogen-bond acceptors (Lipinski definition) is 23. The molecule has 11 bridgehead atoms. The highest BCUT2D eigenvalue weighted by atomic mass is 35.5. The molecule has 0 saturated carbocycles. The van der Waals surface area contributed by atoms with E-state index in [1.165, 1.54) is 0 Å². The lowest BCUT2D eigenvalue weighted by Gasteiger charge is -2.39. The third-order valence-corrected chi connectivity index (χ3v) is 16.3. The topological polar surface area (TPSA) is 512 Å². The van der Waals surface area contributed by atoms with Crippen LogP contribution in [0.25, 0.3) is 11.1 Å². The first-order valence-corrected chi connectivity index (χ1v) is 30.5. The molecule has 5 unspecified atom stereocenters. The minimum Gasteiger partial charge on any atom is -0.508 e. The fraction of sp³-hybridized carbons (Fsp3) is 0.381. The third-order valence-electron chi connectivity index (χ3n) is 15.7. The molecule has 6 aliphatic rings. The third kappa shape index (κ3) is 15.9. The van der Waals surface area contributed by atoms with Crippen LogP contribution in [0.1, 0.15) is 106 Å². The second-order valence-corrected chi connectivity index (χ2v) is 25.4. The number of phenolic OH excluding ortho intramolecular Hbond substituents is 3. The molecule has 1 saturated heterocycles. The summed E-state index contributed by atoms with van der Waals surface area (Å²) in [7, 11) is 0. The molecule has 11 rings (SSSR count). The maximum atomic E-state index is 15.9. The smallest absolute Gasteiger partial charge is 0.408 e. The number of carbonyl (C=O) groups excluding carboxylic acids is 8. The molecule has 14 atom stereocenters. The predicted molar refractivity (Wildman–Crippen MR) is 333 cm³/mol. The molecule has 5 aromatic carbocycles.